The van der Waals surface area contributed by atoms with E-state index >= 15 is 0 Å². The van der Waals surface area contributed by atoms with Gasteiger partial charge in [-0.3, -0.25) is 9.78 Å². The summed E-state index contributed by atoms with van der Waals surface area (Å²) < 4.78 is 18.3. The van der Waals surface area contributed by atoms with Gasteiger partial charge in [-0.15, -0.1) is 11.8 Å². The van der Waals surface area contributed by atoms with Crippen LogP contribution in [0.2, 0.25) is 5.02 Å². The third kappa shape index (κ3) is 5.98. The molecule has 1 aromatic heterocycles. The van der Waals surface area contributed by atoms with Gasteiger partial charge in [0.1, 0.15) is 11.6 Å². The Hall–Kier alpha value is -2.57. The van der Waals surface area contributed by atoms with Gasteiger partial charge < -0.3 is 10.1 Å². The zero-order chi connectivity index (χ0) is 19.1. The number of ether oxygens (including phenoxy) is 1. The van der Waals surface area contributed by atoms with Crippen LogP contribution in [-0.4, -0.2) is 17.5 Å². The number of nitrogens with zero attached hydrogens (tertiary/aromatic N) is 1. The van der Waals surface area contributed by atoms with Gasteiger partial charge in [-0.2, -0.15) is 0 Å². The molecule has 0 unspecified atom stereocenters. The van der Waals surface area contributed by atoms with Crippen LogP contribution in [-0.2, 0) is 10.5 Å². The van der Waals surface area contributed by atoms with Crippen molar-refractivity contribution < 1.29 is 13.9 Å². The van der Waals surface area contributed by atoms with Crippen LogP contribution < -0.4 is 10.1 Å². The maximum absolute atomic E-state index is 13.0. The lowest BCUT2D eigenvalue weighted by atomic mass is 10.3. The number of hydrogen-bond acceptors (Lipinski definition) is 4. The molecule has 0 bridgehead atoms. The lowest BCUT2D eigenvalue weighted by Crippen LogP contribution is -2.20. The van der Waals surface area contributed by atoms with Crippen molar-refractivity contribution in [2.24, 2.45) is 0 Å². The Bertz CT molecular complexity index is 908. The monoisotopic (exact) mass is 402 g/mol. The third-order valence-corrected chi connectivity index (χ3v) is 4.90. The normalized spacial score (nSPS) is 10.4. The molecule has 3 rings (SSSR count). The number of hydrogen-bond donors (Lipinski definition) is 1. The minimum atomic E-state index is -0.460. The van der Waals surface area contributed by atoms with Crippen molar-refractivity contribution >= 4 is 35.0 Å². The standard InChI is InChI=1S/C20H16ClFN2O2S/c21-18-10-15(22)3-8-19(18)26-12-20(25)24-16-4-6-17(7-5-16)27-13-14-2-1-9-23-11-14/h1-11H,12-13H2,(H,24,25). The summed E-state index contributed by atoms with van der Waals surface area (Å²) in [7, 11) is 0. The highest BCUT2D eigenvalue weighted by atomic mass is 35.5. The number of thioether (sulfide) groups is 1. The quantitative estimate of drug-likeness (QED) is 0.553. The number of rotatable bonds is 7. The molecule has 7 heteroatoms. The van der Waals surface area contributed by atoms with Crippen LogP contribution in [0, 0.1) is 5.82 Å². The Morgan fingerprint density at radius 1 is 1.19 bits per heavy atom. The van der Waals surface area contributed by atoms with E-state index in [-0.39, 0.29) is 23.3 Å². The second-order valence-corrected chi connectivity index (χ2v) is 7.04. The van der Waals surface area contributed by atoms with E-state index in [1.54, 1.807) is 18.0 Å². The highest BCUT2D eigenvalue weighted by molar-refractivity contribution is 7.98. The first-order valence-corrected chi connectivity index (χ1v) is 9.46. The van der Waals surface area contributed by atoms with Crippen LogP contribution in [0.5, 0.6) is 5.75 Å². The van der Waals surface area contributed by atoms with Gasteiger partial charge in [-0.05, 0) is 54.1 Å². The first-order valence-electron chi connectivity index (χ1n) is 8.09. The zero-order valence-corrected chi connectivity index (χ0v) is 15.8. The fourth-order valence-corrected chi connectivity index (χ4v) is 3.27. The van der Waals surface area contributed by atoms with E-state index in [2.05, 4.69) is 10.3 Å². The summed E-state index contributed by atoms with van der Waals surface area (Å²) in [5.41, 5.74) is 1.82. The number of carbonyl (C=O) groups is 1. The third-order valence-electron chi connectivity index (χ3n) is 3.52. The maximum atomic E-state index is 13.0. The summed E-state index contributed by atoms with van der Waals surface area (Å²) in [6.07, 6.45) is 3.59. The summed E-state index contributed by atoms with van der Waals surface area (Å²) >= 11 is 7.55. The van der Waals surface area contributed by atoms with E-state index < -0.39 is 5.82 Å². The number of pyridine rings is 1. The second kappa shape index (κ2) is 9.39. The Labute approximate surface area is 165 Å². The predicted molar refractivity (Wildman–Crippen MR) is 106 cm³/mol. The zero-order valence-electron chi connectivity index (χ0n) is 14.2. The summed E-state index contributed by atoms with van der Waals surface area (Å²) in [6, 6.07) is 15.2. The molecule has 1 N–H and O–H groups in total. The van der Waals surface area contributed by atoms with Crippen molar-refractivity contribution in [3.8, 4) is 5.75 Å². The molecule has 3 aromatic rings. The average Bonchev–Trinajstić information content (AvgIpc) is 2.67. The second-order valence-electron chi connectivity index (χ2n) is 5.59. The van der Waals surface area contributed by atoms with E-state index in [0.29, 0.717) is 5.69 Å². The highest BCUT2D eigenvalue weighted by Gasteiger charge is 2.07. The Morgan fingerprint density at radius 3 is 2.70 bits per heavy atom. The predicted octanol–water partition coefficient (Wildman–Crippen LogP) is 5.18. The summed E-state index contributed by atoms with van der Waals surface area (Å²) in [5, 5.41) is 2.87. The van der Waals surface area contributed by atoms with Gasteiger partial charge >= 0.3 is 0 Å². The Morgan fingerprint density at radius 2 is 2.00 bits per heavy atom. The number of aromatic nitrogens is 1. The SMILES string of the molecule is O=C(COc1ccc(F)cc1Cl)Nc1ccc(SCc2cccnc2)cc1. The number of anilines is 1. The average molecular weight is 403 g/mol. The smallest absolute Gasteiger partial charge is 0.262 e. The summed E-state index contributed by atoms with van der Waals surface area (Å²) in [4.78, 5) is 17.2. The molecule has 1 heterocycles. The minimum absolute atomic E-state index is 0.123. The van der Waals surface area contributed by atoms with Gasteiger partial charge in [0.25, 0.3) is 5.91 Å². The number of carbonyl (C=O) groups excluding carboxylic acids is 1. The van der Waals surface area contributed by atoms with E-state index in [9.17, 15) is 9.18 Å². The van der Waals surface area contributed by atoms with Gasteiger partial charge in [0.15, 0.2) is 6.61 Å². The molecular formula is C20H16ClFN2O2S. The van der Waals surface area contributed by atoms with E-state index in [1.165, 1.54) is 12.1 Å². The lowest BCUT2D eigenvalue weighted by molar-refractivity contribution is -0.118. The van der Waals surface area contributed by atoms with E-state index in [0.717, 1.165) is 22.3 Å². The molecule has 138 valence electrons. The number of benzene rings is 2. The number of nitrogens with one attached hydrogen (secondary N) is 1. The first kappa shape index (κ1) is 19.2. The van der Waals surface area contributed by atoms with Crippen LogP contribution in [0.25, 0.3) is 0 Å². The van der Waals surface area contributed by atoms with Crippen LogP contribution in [0.4, 0.5) is 10.1 Å². The molecule has 0 fully saturated rings. The fourth-order valence-electron chi connectivity index (χ4n) is 2.22. The lowest BCUT2D eigenvalue weighted by Gasteiger charge is -2.09. The van der Waals surface area contributed by atoms with Crippen LogP contribution in [0.1, 0.15) is 5.56 Å². The van der Waals surface area contributed by atoms with Crippen molar-refractivity contribution in [3.63, 3.8) is 0 Å². The molecule has 0 radical (unpaired) electrons. The van der Waals surface area contributed by atoms with Crippen molar-refractivity contribution in [1.29, 1.82) is 0 Å². The Kier molecular flexibility index (Phi) is 6.68. The maximum Gasteiger partial charge on any atom is 0.262 e. The minimum Gasteiger partial charge on any atom is -0.482 e. The van der Waals surface area contributed by atoms with Crippen LogP contribution in [0.15, 0.2) is 71.9 Å². The number of amides is 1. The highest BCUT2D eigenvalue weighted by Crippen LogP contribution is 2.25. The van der Waals surface area contributed by atoms with Gasteiger partial charge in [0.2, 0.25) is 0 Å². The van der Waals surface area contributed by atoms with Crippen LogP contribution in [0.3, 0.4) is 0 Å². The Balaban J connectivity index is 1.48. The van der Waals surface area contributed by atoms with E-state index in [4.69, 9.17) is 16.3 Å². The molecule has 0 saturated carbocycles. The van der Waals surface area contributed by atoms with Crippen molar-refractivity contribution in [3.05, 3.63) is 83.4 Å². The van der Waals surface area contributed by atoms with Crippen molar-refractivity contribution in [1.82, 2.24) is 4.98 Å². The molecular weight excluding hydrogens is 387 g/mol. The molecule has 27 heavy (non-hydrogen) atoms. The van der Waals surface area contributed by atoms with Crippen LogP contribution >= 0.6 is 23.4 Å². The molecule has 4 nitrogen and oxygen atoms in total. The molecule has 0 spiro atoms. The van der Waals surface area contributed by atoms with Gasteiger partial charge in [-0.25, -0.2) is 4.39 Å². The first-order chi connectivity index (χ1) is 13.1. The van der Waals surface area contributed by atoms with Crippen molar-refractivity contribution in [2.45, 2.75) is 10.6 Å². The molecule has 0 aliphatic heterocycles. The fraction of sp³-hybridized carbons (Fsp3) is 0.100. The molecule has 1 amide bonds. The van der Waals surface area contributed by atoms with Gasteiger partial charge in [-0.1, -0.05) is 17.7 Å². The number of halogens is 2. The molecule has 0 aliphatic rings. The molecule has 0 atom stereocenters. The molecule has 0 saturated heterocycles. The van der Waals surface area contributed by atoms with Crippen molar-refractivity contribution in [2.75, 3.05) is 11.9 Å². The topological polar surface area (TPSA) is 51.2 Å². The van der Waals surface area contributed by atoms with Gasteiger partial charge in [0.05, 0.1) is 5.02 Å². The van der Waals surface area contributed by atoms with E-state index in [1.807, 2.05) is 42.6 Å². The molecule has 0 aliphatic carbocycles. The largest absolute Gasteiger partial charge is 0.482 e. The summed E-state index contributed by atoms with van der Waals surface area (Å²) in [6.45, 7) is -0.219. The summed E-state index contributed by atoms with van der Waals surface area (Å²) in [5.74, 6) is 0.297. The van der Waals surface area contributed by atoms with Gasteiger partial charge in [0, 0.05) is 28.7 Å². The molecule has 2 aromatic carbocycles.